The third-order valence-corrected chi connectivity index (χ3v) is 12.3. The van der Waals surface area contributed by atoms with Gasteiger partial charge >= 0.3 is 11.9 Å². The fourth-order valence-electron chi connectivity index (χ4n) is 8.13. The van der Waals surface area contributed by atoms with Crippen LogP contribution in [0.2, 0.25) is 13.1 Å². The van der Waals surface area contributed by atoms with E-state index in [9.17, 15) is 9.59 Å². The first-order chi connectivity index (χ1) is 29.9. The molecule has 8 nitrogen and oxygen atoms in total. The van der Waals surface area contributed by atoms with Gasteiger partial charge in [-0.05, 0) is 109 Å². The van der Waals surface area contributed by atoms with Crippen LogP contribution >= 0.6 is 0 Å². The monoisotopic (exact) mass is 864 g/mol. The fraction of sp³-hybridized carbons (Fsp3) is 0.962. The molecule has 0 amide bonds. The molecule has 9 heteroatoms. The number of nitrogens with zero attached hydrogens (tertiary/aromatic N) is 1. The first-order valence-electron chi connectivity index (χ1n) is 26.6. The van der Waals surface area contributed by atoms with Crippen LogP contribution in [0.4, 0.5) is 0 Å². The number of unbranched alkanes of at least 4 members (excludes halogenated alkanes) is 16. The summed E-state index contributed by atoms with van der Waals surface area (Å²) < 4.78 is 23.8. The molecule has 1 radical (unpaired) electrons. The molecule has 0 heterocycles. The molecule has 1 N–H and O–H groups in total. The summed E-state index contributed by atoms with van der Waals surface area (Å²) in [4.78, 5) is 27.4. The number of carbonyl (C=O) groups is 2. The molecule has 0 aromatic carbocycles. The highest BCUT2D eigenvalue weighted by Crippen LogP contribution is 2.20. The molecule has 0 saturated carbocycles. The zero-order valence-electron chi connectivity index (χ0n) is 41.7. The van der Waals surface area contributed by atoms with Gasteiger partial charge in [-0.25, -0.2) is 0 Å². The molecule has 3 atom stereocenters. The zero-order valence-corrected chi connectivity index (χ0v) is 41.7. The Morgan fingerprint density at radius 1 is 0.492 bits per heavy atom. The molecule has 0 aliphatic heterocycles. The Morgan fingerprint density at radius 2 is 0.967 bits per heavy atom. The quantitative estimate of drug-likeness (QED) is 0.0368. The van der Waals surface area contributed by atoms with Crippen LogP contribution in [0.5, 0.6) is 0 Å². The summed E-state index contributed by atoms with van der Waals surface area (Å²) in [5.74, 6) is 1.02. The molecule has 0 aliphatic carbocycles. The van der Waals surface area contributed by atoms with Gasteiger partial charge in [-0.3, -0.25) is 9.59 Å². The summed E-state index contributed by atoms with van der Waals surface area (Å²) in [6, 6.07) is 0.203. The minimum atomic E-state index is -0.0155. The van der Waals surface area contributed by atoms with Crippen LogP contribution in [0.1, 0.15) is 227 Å². The molecular weight excluding hydrogens is 759 g/mol. The molecule has 0 bridgehead atoms. The van der Waals surface area contributed by atoms with E-state index in [2.05, 4.69) is 58.9 Å². The van der Waals surface area contributed by atoms with E-state index in [4.69, 9.17) is 18.9 Å². The zero-order chi connectivity index (χ0) is 44.7. The second-order valence-corrected chi connectivity index (χ2v) is 18.3. The molecule has 0 aromatic rings. The van der Waals surface area contributed by atoms with Gasteiger partial charge in [0.05, 0.1) is 32.5 Å². The molecule has 0 aliphatic rings. The van der Waals surface area contributed by atoms with E-state index in [1.165, 1.54) is 129 Å². The maximum absolute atomic E-state index is 12.5. The lowest BCUT2D eigenvalue weighted by Crippen LogP contribution is -2.38. The molecule has 0 saturated heterocycles. The van der Waals surface area contributed by atoms with Gasteiger partial charge in [0.25, 0.3) is 0 Å². The molecule has 0 rings (SSSR count). The lowest BCUT2D eigenvalue weighted by atomic mass is 9.76. The van der Waals surface area contributed by atoms with Crippen molar-refractivity contribution < 1.29 is 28.5 Å². The summed E-state index contributed by atoms with van der Waals surface area (Å²) in [5, 5.41) is 3.73. The average Bonchev–Trinajstić information content (AvgIpc) is 3.26. The number of hydrogen-bond acceptors (Lipinski definition) is 8. The summed E-state index contributed by atoms with van der Waals surface area (Å²) in [5.41, 5.74) is 0. The van der Waals surface area contributed by atoms with Gasteiger partial charge in [0.15, 0.2) is 0 Å². The van der Waals surface area contributed by atoms with Crippen molar-refractivity contribution >= 4 is 19.2 Å². The SMILES string of the molecule is C[B]CCCCCC(CCCC)COC(=O)CCCCCCCOCC(COCCCCCCCC(=O)OCC(CCCC)CCCCCC)NCCCCN(CC)CCC. The van der Waals surface area contributed by atoms with E-state index in [-0.39, 0.29) is 18.0 Å². The topological polar surface area (TPSA) is 86.3 Å². The van der Waals surface area contributed by atoms with Crippen LogP contribution in [0.3, 0.4) is 0 Å². The molecule has 61 heavy (non-hydrogen) atoms. The summed E-state index contributed by atoms with van der Waals surface area (Å²) in [7, 11) is 2.25. The highest BCUT2D eigenvalue weighted by molar-refractivity contribution is 6.33. The minimum absolute atomic E-state index is 0.0131. The van der Waals surface area contributed by atoms with E-state index in [0.29, 0.717) is 51.1 Å². The smallest absolute Gasteiger partial charge is 0.305 e. The van der Waals surface area contributed by atoms with Gasteiger partial charge < -0.3 is 29.2 Å². The summed E-state index contributed by atoms with van der Waals surface area (Å²) >= 11 is 0. The van der Waals surface area contributed by atoms with E-state index >= 15 is 0 Å². The van der Waals surface area contributed by atoms with Gasteiger partial charge in [0, 0.05) is 26.1 Å². The first-order valence-corrected chi connectivity index (χ1v) is 26.6. The molecule has 3 unspecified atom stereocenters. The van der Waals surface area contributed by atoms with E-state index in [1.807, 2.05) is 0 Å². The Bertz CT molecular complexity index is 913. The number of esters is 2. The minimum Gasteiger partial charge on any atom is -0.465 e. The van der Waals surface area contributed by atoms with E-state index < -0.39 is 0 Å². The molecular formula is C52H104BN2O6. The Morgan fingerprint density at radius 3 is 1.46 bits per heavy atom. The van der Waals surface area contributed by atoms with E-state index in [0.717, 1.165) is 96.9 Å². The molecule has 0 fully saturated rings. The van der Waals surface area contributed by atoms with Crippen LogP contribution in [-0.4, -0.2) is 96.0 Å². The Balaban J connectivity index is 4.31. The molecule has 0 spiro atoms. The van der Waals surface area contributed by atoms with Crippen molar-refractivity contribution in [2.75, 3.05) is 65.8 Å². The predicted octanol–water partition coefficient (Wildman–Crippen LogP) is 13.6. The maximum atomic E-state index is 12.5. The molecule has 0 aromatic heterocycles. The second-order valence-electron chi connectivity index (χ2n) is 18.3. The van der Waals surface area contributed by atoms with Crippen molar-refractivity contribution in [1.29, 1.82) is 0 Å². The Hall–Kier alpha value is -1.16. The third kappa shape index (κ3) is 42.6. The van der Waals surface area contributed by atoms with Gasteiger partial charge in [-0.15, -0.1) is 0 Å². The number of carbonyl (C=O) groups excluding carboxylic acids is 2. The lowest BCUT2D eigenvalue weighted by molar-refractivity contribution is -0.146. The van der Waals surface area contributed by atoms with Crippen molar-refractivity contribution in [3.05, 3.63) is 0 Å². The van der Waals surface area contributed by atoms with E-state index in [1.54, 1.807) is 0 Å². The highest BCUT2D eigenvalue weighted by atomic mass is 16.5. The first kappa shape index (κ1) is 59.8. The number of ether oxygens (including phenoxy) is 4. The highest BCUT2D eigenvalue weighted by Gasteiger charge is 2.14. The van der Waals surface area contributed by atoms with Crippen LogP contribution in [0, 0.1) is 11.8 Å². The standard InChI is InChI=1S/C52H104BN2O6/c1-7-12-15-23-34-48(32-13-8-2)44-60-51(56)36-25-18-16-20-30-42-58-46-50(54-39-28-29-41-55(11-5)40-10-4)47-59-43-31-21-17-19-26-37-52(57)61-45-49(33-14-9-3)35-24-22-27-38-53-6/h48-50,54H,7-47H2,1-6H3. The van der Waals surface area contributed by atoms with Crippen molar-refractivity contribution in [1.82, 2.24) is 10.2 Å². The second kappa shape index (κ2) is 48.3. The summed E-state index contributed by atoms with van der Waals surface area (Å²) in [6.07, 6.45) is 35.0. The van der Waals surface area contributed by atoms with Crippen LogP contribution in [0.15, 0.2) is 0 Å². The maximum Gasteiger partial charge on any atom is 0.305 e. The predicted molar refractivity (Wildman–Crippen MR) is 262 cm³/mol. The summed E-state index contributed by atoms with van der Waals surface area (Å²) in [6.45, 7) is 22.0. The normalized spacial score (nSPS) is 13.1. The van der Waals surface area contributed by atoms with Crippen molar-refractivity contribution in [2.45, 2.75) is 246 Å². The van der Waals surface area contributed by atoms with Crippen molar-refractivity contribution in [3.8, 4) is 0 Å². The largest absolute Gasteiger partial charge is 0.465 e. The lowest BCUT2D eigenvalue weighted by Gasteiger charge is -2.21. The van der Waals surface area contributed by atoms with Gasteiger partial charge in [-0.1, -0.05) is 157 Å². The fourth-order valence-corrected chi connectivity index (χ4v) is 8.13. The van der Waals surface area contributed by atoms with Crippen molar-refractivity contribution in [2.24, 2.45) is 11.8 Å². The molecule has 361 valence electrons. The van der Waals surface area contributed by atoms with Gasteiger partial charge in [0.1, 0.15) is 7.28 Å². The van der Waals surface area contributed by atoms with Crippen LogP contribution < -0.4 is 5.32 Å². The van der Waals surface area contributed by atoms with Crippen LogP contribution in [-0.2, 0) is 28.5 Å². The Kier molecular flexibility index (Phi) is 47.4. The van der Waals surface area contributed by atoms with Gasteiger partial charge in [-0.2, -0.15) is 0 Å². The average molecular weight is 864 g/mol. The number of hydrogen-bond donors (Lipinski definition) is 1. The van der Waals surface area contributed by atoms with Gasteiger partial charge in [0.2, 0.25) is 0 Å². The number of rotatable bonds is 50. The van der Waals surface area contributed by atoms with Crippen molar-refractivity contribution in [3.63, 3.8) is 0 Å². The number of nitrogens with one attached hydrogen (secondary N) is 1. The van der Waals surface area contributed by atoms with Crippen LogP contribution in [0.25, 0.3) is 0 Å². The Labute approximate surface area is 380 Å². The third-order valence-electron chi connectivity index (χ3n) is 12.3.